The van der Waals surface area contributed by atoms with Crippen molar-refractivity contribution in [3.63, 3.8) is 0 Å². The molecule has 1 aromatic carbocycles. The quantitative estimate of drug-likeness (QED) is 0.820. The number of primary amides is 1. The third kappa shape index (κ3) is 2.79. The van der Waals surface area contributed by atoms with Crippen molar-refractivity contribution in [2.75, 3.05) is 18.1 Å². The van der Waals surface area contributed by atoms with Crippen molar-refractivity contribution in [3.8, 4) is 0 Å². The summed E-state index contributed by atoms with van der Waals surface area (Å²) in [6.45, 7) is 2.33. The summed E-state index contributed by atoms with van der Waals surface area (Å²) in [4.78, 5) is 36.0. The molecule has 6 nitrogen and oxygen atoms in total. The van der Waals surface area contributed by atoms with E-state index in [9.17, 15) is 14.4 Å². The van der Waals surface area contributed by atoms with E-state index in [4.69, 9.17) is 10.5 Å². The fourth-order valence-corrected chi connectivity index (χ4v) is 2.14. The lowest BCUT2D eigenvalue weighted by Gasteiger charge is -2.16. The average molecular weight is 276 g/mol. The van der Waals surface area contributed by atoms with E-state index in [1.54, 1.807) is 31.2 Å². The number of nitrogens with two attached hydrogens (primary N) is 1. The number of rotatable bonds is 4. The third-order valence-electron chi connectivity index (χ3n) is 3.22. The molecule has 0 bridgehead atoms. The molecular formula is C14H16N2O4. The van der Waals surface area contributed by atoms with Crippen LogP contribution in [-0.2, 0) is 14.3 Å². The van der Waals surface area contributed by atoms with Gasteiger partial charge in [0.05, 0.1) is 18.1 Å². The molecule has 2 amide bonds. The second kappa shape index (κ2) is 5.73. The minimum absolute atomic E-state index is 0.134. The molecule has 0 radical (unpaired) electrons. The van der Waals surface area contributed by atoms with E-state index in [0.717, 1.165) is 0 Å². The lowest BCUT2D eigenvalue weighted by atomic mass is 10.1. The Kier molecular flexibility index (Phi) is 4.02. The van der Waals surface area contributed by atoms with Crippen molar-refractivity contribution in [1.82, 2.24) is 0 Å². The molecule has 2 N–H and O–H groups in total. The lowest BCUT2D eigenvalue weighted by Crippen LogP contribution is -2.28. The molecule has 1 heterocycles. The molecule has 2 rings (SSSR count). The summed E-state index contributed by atoms with van der Waals surface area (Å²) < 4.78 is 4.88. The van der Waals surface area contributed by atoms with Gasteiger partial charge in [-0.05, 0) is 31.2 Å². The van der Waals surface area contributed by atoms with Gasteiger partial charge in [0, 0.05) is 18.7 Å². The van der Waals surface area contributed by atoms with Crippen LogP contribution in [0.5, 0.6) is 0 Å². The number of benzene rings is 1. The van der Waals surface area contributed by atoms with Gasteiger partial charge in [-0.15, -0.1) is 0 Å². The van der Waals surface area contributed by atoms with E-state index >= 15 is 0 Å². The molecule has 1 fully saturated rings. The zero-order valence-electron chi connectivity index (χ0n) is 11.2. The molecule has 1 atom stereocenters. The van der Waals surface area contributed by atoms with Crippen LogP contribution in [0.4, 0.5) is 5.69 Å². The highest BCUT2D eigenvalue weighted by Gasteiger charge is 2.33. The van der Waals surface area contributed by atoms with Gasteiger partial charge in [0.2, 0.25) is 11.8 Å². The first-order valence-electron chi connectivity index (χ1n) is 6.39. The SMILES string of the molecule is CCOC(=O)c1ccc(N2CC(C(N)=O)CC2=O)cc1. The summed E-state index contributed by atoms with van der Waals surface area (Å²) in [6, 6.07) is 6.51. The van der Waals surface area contributed by atoms with Gasteiger partial charge in [-0.25, -0.2) is 4.79 Å². The van der Waals surface area contributed by atoms with Crippen LogP contribution >= 0.6 is 0 Å². The van der Waals surface area contributed by atoms with Gasteiger partial charge in [0.1, 0.15) is 0 Å². The summed E-state index contributed by atoms with van der Waals surface area (Å²) in [5.41, 5.74) is 6.29. The predicted molar refractivity (Wildman–Crippen MR) is 72.1 cm³/mol. The summed E-state index contributed by atoms with van der Waals surface area (Å²) in [6.07, 6.45) is 0.134. The maximum absolute atomic E-state index is 11.8. The molecule has 0 saturated carbocycles. The molecule has 1 aliphatic rings. The maximum Gasteiger partial charge on any atom is 0.338 e. The van der Waals surface area contributed by atoms with Crippen molar-refractivity contribution in [3.05, 3.63) is 29.8 Å². The Hall–Kier alpha value is -2.37. The molecule has 20 heavy (non-hydrogen) atoms. The Bertz CT molecular complexity index is 539. The minimum Gasteiger partial charge on any atom is -0.462 e. The van der Waals surface area contributed by atoms with Gasteiger partial charge < -0.3 is 15.4 Å². The molecule has 1 unspecified atom stereocenters. The number of amides is 2. The molecule has 0 aromatic heterocycles. The van der Waals surface area contributed by atoms with E-state index < -0.39 is 17.8 Å². The average Bonchev–Trinajstić information content (AvgIpc) is 2.81. The Morgan fingerprint density at radius 3 is 2.50 bits per heavy atom. The van der Waals surface area contributed by atoms with Gasteiger partial charge in [0.15, 0.2) is 0 Å². The first kappa shape index (κ1) is 14.0. The van der Waals surface area contributed by atoms with Gasteiger partial charge in [-0.1, -0.05) is 0 Å². The summed E-state index contributed by atoms with van der Waals surface area (Å²) in [7, 11) is 0. The highest BCUT2D eigenvalue weighted by molar-refractivity contribution is 6.00. The number of anilines is 1. The molecule has 0 aliphatic carbocycles. The van der Waals surface area contributed by atoms with Gasteiger partial charge >= 0.3 is 5.97 Å². The summed E-state index contributed by atoms with van der Waals surface area (Å²) in [5.74, 6) is -1.46. The maximum atomic E-state index is 11.8. The molecular weight excluding hydrogens is 260 g/mol. The van der Waals surface area contributed by atoms with Crippen molar-refractivity contribution in [2.24, 2.45) is 11.7 Å². The minimum atomic E-state index is -0.469. The van der Waals surface area contributed by atoms with E-state index in [1.807, 2.05) is 0 Å². The largest absolute Gasteiger partial charge is 0.462 e. The zero-order chi connectivity index (χ0) is 14.7. The number of hydrogen-bond donors (Lipinski definition) is 1. The number of esters is 1. The zero-order valence-corrected chi connectivity index (χ0v) is 11.2. The van der Waals surface area contributed by atoms with Crippen LogP contribution < -0.4 is 10.6 Å². The molecule has 106 valence electrons. The monoisotopic (exact) mass is 276 g/mol. The smallest absolute Gasteiger partial charge is 0.338 e. The number of ether oxygens (including phenoxy) is 1. The molecule has 6 heteroatoms. The van der Waals surface area contributed by atoms with Gasteiger partial charge in [-0.2, -0.15) is 0 Å². The third-order valence-corrected chi connectivity index (χ3v) is 3.22. The summed E-state index contributed by atoms with van der Waals surface area (Å²) in [5, 5.41) is 0. The van der Waals surface area contributed by atoms with Crippen molar-refractivity contribution >= 4 is 23.5 Å². The van der Waals surface area contributed by atoms with Crippen LogP contribution in [0.25, 0.3) is 0 Å². The second-order valence-electron chi connectivity index (χ2n) is 4.58. The number of nitrogens with zero attached hydrogens (tertiary/aromatic N) is 1. The summed E-state index contributed by atoms with van der Waals surface area (Å²) >= 11 is 0. The molecule has 0 spiro atoms. The normalized spacial score (nSPS) is 18.1. The standard InChI is InChI=1S/C14H16N2O4/c1-2-20-14(19)9-3-5-11(6-4-9)16-8-10(13(15)18)7-12(16)17/h3-6,10H,2,7-8H2,1H3,(H2,15,18). The molecule has 1 saturated heterocycles. The van der Waals surface area contributed by atoms with Gasteiger partial charge in [0.25, 0.3) is 0 Å². The number of carbonyl (C=O) groups excluding carboxylic acids is 3. The fraction of sp³-hybridized carbons (Fsp3) is 0.357. The number of hydrogen-bond acceptors (Lipinski definition) is 4. The lowest BCUT2D eigenvalue weighted by molar-refractivity contribution is -0.123. The Morgan fingerprint density at radius 2 is 2.00 bits per heavy atom. The highest BCUT2D eigenvalue weighted by atomic mass is 16.5. The highest BCUT2D eigenvalue weighted by Crippen LogP contribution is 2.25. The van der Waals surface area contributed by atoms with Gasteiger partial charge in [-0.3, -0.25) is 9.59 Å². The van der Waals surface area contributed by atoms with Crippen molar-refractivity contribution in [2.45, 2.75) is 13.3 Å². The van der Waals surface area contributed by atoms with Crippen molar-refractivity contribution in [1.29, 1.82) is 0 Å². The van der Waals surface area contributed by atoms with E-state index in [2.05, 4.69) is 0 Å². The van der Waals surface area contributed by atoms with Crippen LogP contribution in [0, 0.1) is 5.92 Å². The molecule has 1 aliphatic heterocycles. The predicted octanol–water partition coefficient (Wildman–Crippen LogP) is 0.701. The first-order valence-corrected chi connectivity index (χ1v) is 6.39. The fourth-order valence-electron chi connectivity index (χ4n) is 2.14. The van der Waals surface area contributed by atoms with Crippen LogP contribution in [0.1, 0.15) is 23.7 Å². The van der Waals surface area contributed by atoms with Crippen LogP contribution in [0.15, 0.2) is 24.3 Å². The topological polar surface area (TPSA) is 89.7 Å². The van der Waals surface area contributed by atoms with Crippen LogP contribution in [0.2, 0.25) is 0 Å². The van der Waals surface area contributed by atoms with E-state index in [0.29, 0.717) is 17.9 Å². The number of carbonyl (C=O) groups is 3. The van der Waals surface area contributed by atoms with E-state index in [-0.39, 0.29) is 18.9 Å². The van der Waals surface area contributed by atoms with E-state index in [1.165, 1.54) is 4.90 Å². The first-order chi connectivity index (χ1) is 9.52. The Morgan fingerprint density at radius 1 is 1.35 bits per heavy atom. The van der Waals surface area contributed by atoms with Crippen LogP contribution in [0.3, 0.4) is 0 Å². The Labute approximate surface area is 116 Å². The molecule has 1 aromatic rings. The Balaban J connectivity index is 2.12. The van der Waals surface area contributed by atoms with Crippen LogP contribution in [-0.4, -0.2) is 30.9 Å². The van der Waals surface area contributed by atoms with Crippen molar-refractivity contribution < 1.29 is 19.1 Å². The second-order valence-corrected chi connectivity index (χ2v) is 4.58.